The molecule has 104 valence electrons. The zero-order chi connectivity index (χ0) is 13.3. The summed E-state index contributed by atoms with van der Waals surface area (Å²) in [6.45, 7) is 3.36. The van der Waals surface area contributed by atoms with E-state index < -0.39 is 0 Å². The van der Waals surface area contributed by atoms with Gasteiger partial charge in [-0.05, 0) is 43.7 Å². The maximum absolute atomic E-state index is 11.8. The maximum Gasteiger partial charge on any atom is 0.222 e. The number of rotatable bonds is 2. The number of amides is 1. The van der Waals surface area contributed by atoms with Gasteiger partial charge >= 0.3 is 0 Å². The maximum atomic E-state index is 11.8. The van der Waals surface area contributed by atoms with Crippen LogP contribution >= 0.6 is 11.3 Å². The fourth-order valence-corrected chi connectivity index (χ4v) is 4.29. The first-order valence-corrected chi connectivity index (χ1v) is 8.09. The molecule has 2 fully saturated rings. The number of likely N-dealkylation sites (tertiary alicyclic amines) is 2. The minimum absolute atomic E-state index is 0.168. The van der Waals surface area contributed by atoms with Gasteiger partial charge in [0.05, 0.1) is 0 Å². The Balaban J connectivity index is 1.64. The Morgan fingerprint density at radius 3 is 2.89 bits per heavy atom. The van der Waals surface area contributed by atoms with Crippen molar-refractivity contribution in [3.63, 3.8) is 0 Å². The van der Waals surface area contributed by atoms with E-state index in [1.807, 2.05) is 23.3 Å². The molecular weight excluding hydrogens is 256 g/mol. The van der Waals surface area contributed by atoms with Crippen LogP contribution in [0.3, 0.4) is 0 Å². The Labute approximate surface area is 119 Å². The van der Waals surface area contributed by atoms with Crippen LogP contribution in [-0.4, -0.2) is 41.4 Å². The number of hydrogen-bond donors (Lipinski definition) is 0. The van der Waals surface area contributed by atoms with E-state index in [-0.39, 0.29) is 5.54 Å². The van der Waals surface area contributed by atoms with Gasteiger partial charge in [0.1, 0.15) is 0 Å². The standard InChI is InChI=1S/C15H22N2OS/c1-16-14(18)5-7-15(16)6-3-9-17(10-8-15)12-13-4-2-11-19-13/h2,4,11H,3,5-10,12H2,1H3/t15-/m0/s1. The topological polar surface area (TPSA) is 23.6 Å². The Kier molecular flexibility index (Phi) is 3.63. The van der Waals surface area contributed by atoms with Crippen molar-refractivity contribution in [1.29, 1.82) is 0 Å². The molecule has 0 radical (unpaired) electrons. The van der Waals surface area contributed by atoms with Gasteiger partial charge < -0.3 is 4.90 Å². The van der Waals surface area contributed by atoms with Crippen molar-refractivity contribution in [2.24, 2.45) is 0 Å². The zero-order valence-corrected chi connectivity index (χ0v) is 12.4. The fraction of sp³-hybridized carbons (Fsp3) is 0.667. The van der Waals surface area contributed by atoms with Crippen LogP contribution < -0.4 is 0 Å². The van der Waals surface area contributed by atoms with E-state index in [0.29, 0.717) is 5.91 Å². The van der Waals surface area contributed by atoms with Crippen LogP contribution in [0.4, 0.5) is 0 Å². The SMILES string of the molecule is CN1C(=O)CC[C@]12CCCN(Cc1cccs1)CC2. The van der Waals surface area contributed by atoms with Crippen LogP contribution in [0.1, 0.15) is 37.0 Å². The lowest BCUT2D eigenvalue weighted by atomic mass is 9.88. The lowest BCUT2D eigenvalue weighted by molar-refractivity contribution is -0.129. The first kappa shape index (κ1) is 13.1. The van der Waals surface area contributed by atoms with Crippen molar-refractivity contribution in [1.82, 2.24) is 9.80 Å². The molecule has 1 aromatic rings. The van der Waals surface area contributed by atoms with E-state index in [4.69, 9.17) is 0 Å². The van der Waals surface area contributed by atoms with Gasteiger partial charge in [0.15, 0.2) is 0 Å². The third kappa shape index (κ3) is 2.56. The van der Waals surface area contributed by atoms with E-state index in [0.717, 1.165) is 32.4 Å². The van der Waals surface area contributed by atoms with Gasteiger partial charge in [-0.2, -0.15) is 0 Å². The highest BCUT2D eigenvalue weighted by molar-refractivity contribution is 7.09. The van der Waals surface area contributed by atoms with Gasteiger partial charge in [-0.1, -0.05) is 6.07 Å². The number of thiophene rings is 1. The quantitative estimate of drug-likeness (QED) is 0.830. The van der Waals surface area contributed by atoms with Crippen molar-refractivity contribution in [3.8, 4) is 0 Å². The molecule has 2 aliphatic rings. The van der Waals surface area contributed by atoms with Gasteiger partial charge in [-0.3, -0.25) is 9.69 Å². The van der Waals surface area contributed by atoms with Crippen molar-refractivity contribution in [3.05, 3.63) is 22.4 Å². The molecule has 0 saturated carbocycles. The Morgan fingerprint density at radius 2 is 2.21 bits per heavy atom. The monoisotopic (exact) mass is 278 g/mol. The van der Waals surface area contributed by atoms with E-state index in [2.05, 4.69) is 22.4 Å². The molecule has 0 bridgehead atoms. The average molecular weight is 278 g/mol. The summed E-state index contributed by atoms with van der Waals surface area (Å²) >= 11 is 1.84. The molecule has 3 heterocycles. The van der Waals surface area contributed by atoms with Crippen LogP contribution in [0.5, 0.6) is 0 Å². The summed E-state index contributed by atoms with van der Waals surface area (Å²) < 4.78 is 0. The first-order valence-electron chi connectivity index (χ1n) is 7.21. The zero-order valence-electron chi connectivity index (χ0n) is 11.6. The Hall–Kier alpha value is -0.870. The summed E-state index contributed by atoms with van der Waals surface area (Å²) in [6, 6.07) is 4.35. The highest BCUT2D eigenvalue weighted by atomic mass is 32.1. The van der Waals surface area contributed by atoms with Gasteiger partial charge in [0.2, 0.25) is 5.91 Å². The van der Waals surface area contributed by atoms with Gasteiger partial charge in [-0.15, -0.1) is 11.3 Å². The molecule has 1 aromatic heterocycles. The molecule has 2 aliphatic heterocycles. The summed E-state index contributed by atoms with van der Waals surface area (Å²) in [5.41, 5.74) is 0.168. The molecule has 1 spiro atoms. The normalized spacial score (nSPS) is 29.1. The molecule has 19 heavy (non-hydrogen) atoms. The Morgan fingerprint density at radius 1 is 1.32 bits per heavy atom. The van der Waals surface area contributed by atoms with Crippen molar-refractivity contribution in [2.45, 2.75) is 44.2 Å². The molecule has 0 aliphatic carbocycles. The van der Waals surface area contributed by atoms with Crippen LogP contribution in [0.15, 0.2) is 17.5 Å². The third-order valence-electron chi connectivity index (χ3n) is 4.86. The molecule has 0 unspecified atom stereocenters. The predicted octanol–water partition coefficient (Wildman–Crippen LogP) is 2.73. The molecule has 4 heteroatoms. The molecule has 2 saturated heterocycles. The highest BCUT2D eigenvalue weighted by Crippen LogP contribution is 2.38. The molecule has 1 amide bonds. The van der Waals surface area contributed by atoms with Crippen molar-refractivity contribution < 1.29 is 4.79 Å². The van der Waals surface area contributed by atoms with Crippen LogP contribution in [0.25, 0.3) is 0 Å². The minimum atomic E-state index is 0.168. The van der Waals surface area contributed by atoms with E-state index in [1.54, 1.807) is 0 Å². The van der Waals surface area contributed by atoms with Crippen LogP contribution in [-0.2, 0) is 11.3 Å². The molecule has 3 rings (SSSR count). The molecule has 0 N–H and O–H groups in total. The number of carbonyl (C=O) groups is 1. The third-order valence-corrected chi connectivity index (χ3v) is 5.72. The lowest BCUT2D eigenvalue weighted by Gasteiger charge is -2.35. The molecule has 1 atom stereocenters. The second kappa shape index (κ2) is 5.25. The van der Waals surface area contributed by atoms with Gasteiger partial charge in [-0.25, -0.2) is 0 Å². The molecule has 0 aromatic carbocycles. The summed E-state index contributed by atoms with van der Waals surface area (Å²) in [5, 5.41) is 2.15. The smallest absolute Gasteiger partial charge is 0.222 e. The van der Waals surface area contributed by atoms with E-state index in [1.165, 1.54) is 24.3 Å². The number of hydrogen-bond acceptors (Lipinski definition) is 3. The summed E-state index contributed by atoms with van der Waals surface area (Å²) in [5.74, 6) is 0.340. The van der Waals surface area contributed by atoms with E-state index in [9.17, 15) is 4.79 Å². The molecular formula is C15H22N2OS. The average Bonchev–Trinajstić information content (AvgIpc) is 2.93. The highest BCUT2D eigenvalue weighted by Gasteiger charge is 2.43. The van der Waals surface area contributed by atoms with Crippen LogP contribution in [0.2, 0.25) is 0 Å². The molecule has 3 nitrogen and oxygen atoms in total. The van der Waals surface area contributed by atoms with E-state index >= 15 is 0 Å². The van der Waals surface area contributed by atoms with Gasteiger partial charge in [0.25, 0.3) is 0 Å². The number of nitrogens with zero attached hydrogens (tertiary/aromatic N) is 2. The van der Waals surface area contributed by atoms with Crippen molar-refractivity contribution >= 4 is 17.2 Å². The fourth-order valence-electron chi connectivity index (χ4n) is 3.54. The first-order chi connectivity index (χ1) is 9.20. The second-order valence-corrected chi connectivity index (χ2v) is 6.92. The summed E-state index contributed by atoms with van der Waals surface area (Å²) in [4.78, 5) is 17.9. The largest absolute Gasteiger partial charge is 0.340 e. The van der Waals surface area contributed by atoms with Gasteiger partial charge in [0, 0.05) is 37.0 Å². The lowest BCUT2D eigenvalue weighted by Crippen LogP contribution is -2.43. The predicted molar refractivity (Wildman–Crippen MR) is 78.2 cm³/mol. The minimum Gasteiger partial charge on any atom is -0.340 e. The van der Waals surface area contributed by atoms with Crippen molar-refractivity contribution in [2.75, 3.05) is 20.1 Å². The Bertz CT molecular complexity index is 445. The van der Waals surface area contributed by atoms with Crippen LogP contribution in [0, 0.1) is 0 Å². The number of carbonyl (C=O) groups excluding carboxylic acids is 1. The summed E-state index contributed by atoms with van der Waals surface area (Å²) in [6.07, 6.45) is 5.34. The second-order valence-electron chi connectivity index (χ2n) is 5.89. The summed E-state index contributed by atoms with van der Waals surface area (Å²) in [7, 11) is 2.00.